The molecule has 2 aromatic carbocycles. The van der Waals surface area contributed by atoms with Gasteiger partial charge in [-0.05, 0) is 42.7 Å². The van der Waals surface area contributed by atoms with Crippen LogP contribution in [-0.4, -0.2) is 34.7 Å². The molecule has 160 valence electrons. The number of carbonyl (C=O) groups is 2. The van der Waals surface area contributed by atoms with Gasteiger partial charge in [-0.15, -0.1) is 0 Å². The Balaban J connectivity index is 2.01. The molecule has 3 amide bonds. The second kappa shape index (κ2) is 10.6. The van der Waals surface area contributed by atoms with E-state index in [4.69, 9.17) is 15.8 Å². The van der Waals surface area contributed by atoms with E-state index in [0.29, 0.717) is 17.7 Å². The van der Waals surface area contributed by atoms with Gasteiger partial charge in [0.25, 0.3) is 11.6 Å². The molecule has 12 heteroatoms. The summed E-state index contributed by atoms with van der Waals surface area (Å²) in [6.07, 6.45) is 0.381. The monoisotopic (exact) mass is 454 g/mol. The van der Waals surface area contributed by atoms with E-state index in [1.807, 2.05) is 0 Å². The minimum absolute atomic E-state index is 0.129. The highest BCUT2D eigenvalue weighted by Crippen LogP contribution is 2.23. The molecule has 2 rings (SSSR count). The fourth-order valence-corrected chi connectivity index (χ4v) is 3.19. The molecule has 0 aliphatic rings. The van der Waals surface area contributed by atoms with E-state index in [-0.39, 0.29) is 22.8 Å². The number of carbonyl (C=O) groups excluding carboxylic acids is 2. The van der Waals surface area contributed by atoms with Gasteiger partial charge in [0.1, 0.15) is 11.3 Å². The van der Waals surface area contributed by atoms with Crippen molar-refractivity contribution in [2.24, 2.45) is 0 Å². The van der Waals surface area contributed by atoms with E-state index in [1.54, 1.807) is 25.1 Å². The van der Waals surface area contributed by atoms with E-state index < -0.39 is 28.1 Å². The number of nitrogens with zero attached hydrogens (tertiary/aromatic N) is 1. The highest BCUT2D eigenvalue weighted by molar-refractivity contribution is 7.79. The molecule has 0 saturated heterocycles. The Morgan fingerprint density at radius 2 is 1.97 bits per heavy atom. The van der Waals surface area contributed by atoms with E-state index in [2.05, 4.69) is 15.4 Å². The third kappa shape index (κ3) is 6.42. The molecule has 0 fully saturated rings. The Morgan fingerprint density at radius 1 is 1.23 bits per heavy atom. The third-order valence-electron chi connectivity index (χ3n) is 3.92. The second-order valence-electron chi connectivity index (χ2n) is 6.02. The summed E-state index contributed by atoms with van der Waals surface area (Å²) in [7, 11) is 1.38. The van der Waals surface area contributed by atoms with Crippen LogP contribution in [0, 0.1) is 17.0 Å². The molecule has 1 atom stereocenters. The molecule has 0 aliphatic carbocycles. The van der Waals surface area contributed by atoms with Crippen molar-refractivity contribution in [1.29, 1.82) is 0 Å². The zero-order chi connectivity index (χ0) is 22.3. The average Bonchev–Trinajstić information content (AvgIpc) is 2.69. The maximum Gasteiger partial charge on any atom is 0.328 e. The smallest absolute Gasteiger partial charge is 0.328 e. The standard InChI is InChI=1S/C18H19ClN4O6S/c1-11-3-4-12(9-16(11)29-30(28)22-18(25)20-2)7-8-21-17(24)14-10-13(19)5-6-15(14)23(26)27/h3-6,9-10H,7-8H2,1-2H3,(H,21,24)(H2,20,22,25). The zero-order valence-electron chi connectivity index (χ0n) is 16.1. The lowest BCUT2D eigenvalue weighted by Gasteiger charge is -2.11. The van der Waals surface area contributed by atoms with E-state index in [9.17, 15) is 23.9 Å². The van der Waals surface area contributed by atoms with Crippen LogP contribution in [0.4, 0.5) is 10.5 Å². The summed E-state index contributed by atoms with van der Waals surface area (Å²) >= 11 is 3.76. The summed E-state index contributed by atoms with van der Waals surface area (Å²) in [5.41, 5.74) is 0.989. The predicted octanol–water partition coefficient (Wildman–Crippen LogP) is 2.42. The van der Waals surface area contributed by atoms with Crippen molar-refractivity contribution in [2.75, 3.05) is 13.6 Å². The molecular weight excluding hydrogens is 436 g/mol. The van der Waals surface area contributed by atoms with E-state index >= 15 is 0 Å². The minimum Gasteiger partial charge on any atom is -0.385 e. The lowest BCUT2D eigenvalue weighted by Crippen LogP contribution is -2.36. The molecule has 30 heavy (non-hydrogen) atoms. The molecule has 1 unspecified atom stereocenters. The molecule has 0 heterocycles. The molecule has 0 spiro atoms. The first-order chi connectivity index (χ1) is 14.2. The van der Waals surface area contributed by atoms with Crippen LogP contribution < -0.4 is 19.5 Å². The van der Waals surface area contributed by atoms with Crippen LogP contribution in [0.25, 0.3) is 0 Å². The number of benzene rings is 2. The van der Waals surface area contributed by atoms with Gasteiger partial charge in [-0.3, -0.25) is 14.9 Å². The number of rotatable bonds is 8. The molecule has 3 N–H and O–H groups in total. The molecular formula is C18H19ClN4O6S. The lowest BCUT2D eigenvalue weighted by molar-refractivity contribution is -0.385. The first-order valence-electron chi connectivity index (χ1n) is 8.61. The summed E-state index contributed by atoms with van der Waals surface area (Å²) < 4.78 is 19.1. The number of aryl methyl sites for hydroxylation is 1. The first kappa shape index (κ1) is 23.1. The van der Waals surface area contributed by atoms with Crippen LogP contribution in [0.3, 0.4) is 0 Å². The SMILES string of the molecule is CNC(=O)NS(=O)Oc1cc(CCNC(=O)c2cc(Cl)ccc2[N+](=O)[O-])ccc1C. The summed E-state index contributed by atoms with van der Waals surface area (Å²) in [6.45, 7) is 1.93. The van der Waals surface area contributed by atoms with Crippen molar-refractivity contribution in [2.45, 2.75) is 13.3 Å². The average molecular weight is 455 g/mol. The Morgan fingerprint density at radius 3 is 2.63 bits per heavy atom. The van der Waals surface area contributed by atoms with Crippen LogP contribution >= 0.6 is 11.6 Å². The van der Waals surface area contributed by atoms with Gasteiger partial charge in [0.2, 0.25) is 0 Å². The Bertz CT molecular complexity index is 1000. The number of amides is 3. The van der Waals surface area contributed by atoms with E-state index in [1.165, 1.54) is 25.2 Å². The summed E-state index contributed by atoms with van der Waals surface area (Å²) in [5, 5.41) is 16.2. The quantitative estimate of drug-likeness (QED) is 0.413. The first-order valence-corrected chi connectivity index (χ1v) is 10.1. The highest BCUT2D eigenvalue weighted by atomic mass is 35.5. The number of hydrogen-bond acceptors (Lipinski definition) is 6. The number of nitrogens with one attached hydrogen (secondary N) is 3. The number of halogens is 1. The van der Waals surface area contributed by atoms with Gasteiger partial charge in [-0.25, -0.2) is 9.52 Å². The van der Waals surface area contributed by atoms with Crippen molar-refractivity contribution in [3.8, 4) is 5.75 Å². The lowest BCUT2D eigenvalue weighted by atomic mass is 10.1. The number of nitro groups is 1. The Kier molecular flexibility index (Phi) is 8.13. The Labute approximate surface area is 179 Å². The second-order valence-corrected chi connectivity index (χ2v) is 7.30. The maximum absolute atomic E-state index is 12.3. The molecule has 0 radical (unpaired) electrons. The maximum atomic E-state index is 12.3. The highest BCUT2D eigenvalue weighted by Gasteiger charge is 2.20. The van der Waals surface area contributed by atoms with Crippen LogP contribution in [0.1, 0.15) is 21.5 Å². The molecule has 2 aromatic rings. The van der Waals surface area contributed by atoms with Crippen LogP contribution in [0.5, 0.6) is 5.75 Å². The van der Waals surface area contributed by atoms with Crippen molar-refractivity contribution in [1.82, 2.24) is 15.4 Å². The van der Waals surface area contributed by atoms with Crippen LogP contribution in [0.2, 0.25) is 5.02 Å². The zero-order valence-corrected chi connectivity index (χ0v) is 17.6. The Hall–Kier alpha value is -3.18. The van der Waals surface area contributed by atoms with Gasteiger partial charge in [0, 0.05) is 24.7 Å². The summed E-state index contributed by atoms with van der Waals surface area (Å²) in [4.78, 5) is 34.0. The topological polar surface area (TPSA) is 140 Å². The molecule has 0 bridgehead atoms. The fraction of sp³-hybridized carbons (Fsp3) is 0.222. The third-order valence-corrected chi connectivity index (χ3v) is 4.84. The van der Waals surface area contributed by atoms with Crippen molar-refractivity contribution >= 4 is 40.5 Å². The van der Waals surface area contributed by atoms with Gasteiger partial charge in [0.15, 0.2) is 0 Å². The van der Waals surface area contributed by atoms with Gasteiger partial charge >= 0.3 is 17.3 Å². The van der Waals surface area contributed by atoms with Crippen molar-refractivity contribution in [3.63, 3.8) is 0 Å². The number of urea groups is 1. The molecule has 0 aromatic heterocycles. The van der Waals surface area contributed by atoms with Gasteiger partial charge in [0.05, 0.1) is 4.92 Å². The van der Waals surface area contributed by atoms with Gasteiger partial charge in [-0.2, -0.15) is 4.21 Å². The number of hydrogen-bond donors (Lipinski definition) is 3. The molecule has 0 aliphatic heterocycles. The predicted molar refractivity (Wildman–Crippen MR) is 112 cm³/mol. The largest absolute Gasteiger partial charge is 0.385 e. The van der Waals surface area contributed by atoms with E-state index in [0.717, 1.165) is 5.56 Å². The van der Waals surface area contributed by atoms with Crippen LogP contribution in [0.15, 0.2) is 36.4 Å². The normalized spacial score (nSPS) is 11.3. The molecule has 10 nitrogen and oxygen atoms in total. The van der Waals surface area contributed by atoms with Crippen molar-refractivity contribution < 1.29 is 22.9 Å². The summed E-state index contributed by atoms with van der Waals surface area (Å²) in [6, 6.07) is 8.27. The fourth-order valence-electron chi connectivity index (χ4n) is 2.38. The van der Waals surface area contributed by atoms with Gasteiger partial charge < -0.3 is 14.8 Å². The molecule has 0 saturated carbocycles. The van der Waals surface area contributed by atoms with Crippen LogP contribution in [-0.2, 0) is 17.7 Å². The van der Waals surface area contributed by atoms with Crippen molar-refractivity contribution in [3.05, 3.63) is 68.2 Å². The minimum atomic E-state index is -2.08. The van der Waals surface area contributed by atoms with Gasteiger partial charge in [-0.1, -0.05) is 23.7 Å². The number of nitro benzene ring substituents is 1. The summed E-state index contributed by atoms with van der Waals surface area (Å²) in [5.74, 6) is -0.317.